The van der Waals surface area contributed by atoms with Gasteiger partial charge in [-0.1, -0.05) is 0 Å². The Morgan fingerprint density at radius 1 is 1.04 bits per heavy atom. The molecular weight excluding hydrogens is 616 g/mol. The fraction of sp³-hybridized carbons (Fsp3) is 0.258. The summed E-state index contributed by atoms with van der Waals surface area (Å²) in [5, 5.41) is 22.9. The van der Waals surface area contributed by atoms with Crippen LogP contribution in [-0.4, -0.2) is 64.4 Å². The molecule has 4 rings (SSSR count). The number of amides is 2. The van der Waals surface area contributed by atoms with Gasteiger partial charge in [0.05, 0.1) is 32.4 Å². The number of carbonyl (C=O) groups is 3. The number of nitrogens with one attached hydrogen (secondary N) is 1. The molecule has 0 bridgehead atoms. The number of aliphatic hydroxyl groups is 1. The molecule has 0 aliphatic heterocycles. The van der Waals surface area contributed by atoms with E-state index in [-0.39, 0.29) is 62.7 Å². The van der Waals surface area contributed by atoms with Crippen LogP contribution in [0.1, 0.15) is 44.6 Å². The molecule has 2 amide bonds. The number of rotatable bonds is 11. The van der Waals surface area contributed by atoms with Crippen molar-refractivity contribution in [1.82, 2.24) is 15.3 Å². The van der Waals surface area contributed by atoms with E-state index < -0.39 is 54.0 Å². The molecule has 46 heavy (non-hydrogen) atoms. The predicted octanol–water partition coefficient (Wildman–Crippen LogP) is 4.06. The maximum Gasteiger partial charge on any atom is 0.424 e. The molecular formula is C31H28F4N4O7. The topological polar surface area (TPSA) is 174 Å². The van der Waals surface area contributed by atoms with E-state index in [1.807, 2.05) is 0 Å². The zero-order valence-electron chi connectivity index (χ0n) is 24.7. The number of carbonyl (C=O) groups excluding carboxylic acids is 2. The number of aromatic carboxylic acids is 1. The first-order valence-corrected chi connectivity index (χ1v) is 13.6. The number of nitrogens with two attached hydrogens (primary N) is 1. The number of nitrogens with zero attached hydrogens (tertiary/aromatic N) is 2. The summed E-state index contributed by atoms with van der Waals surface area (Å²) in [4.78, 5) is 44.7. The van der Waals surface area contributed by atoms with E-state index in [0.29, 0.717) is 0 Å². The Balaban J connectivity index is 1.80. The lowest BCUT2D eigenvalue weighted by molar-refractivity contribution is -0.265. The quantitative estimate of drug-likeness (QED) is 0.176. The molecule has 0 radical (unpaired) electrons. The van der Waals surface area contributed by atoms with E-state index in [0.717, 1.165) is 24.3 Å². The largest absolute Gasteiger partial charge is 0.494 e. The van der Waals surface area contributed by atoms with Crippen molar-refractivity contribution in [3.05, 3.63) is 82.4 Å². The summed E-state index contributed by atoms with van der Waals surface area (Å²) in [6, 6.07) is 9.23. The van der Waals surface area contributed by atoms with Crippen LogP contribution in [0.4, 0.5) is 17.6 Å². The lowest BCUT2D eigenvalue weighted by Gasteiger charge is -2.31. The van der Waals surface area contributed by atoms with Crippen molar-refractivity contribution >= 4 is 28.7 Å². The predicted molar refractivity (Wildman–Crippen MR) is 156 cm³/mol. The van der Waals surface area contributed by atoms with Crippen molar-refractivity contribution in [3.8, 4) is 22.8 Å². The number of carboxylic acid groups (broad SMARTS) is 1. The van der Waals surface area contributed by atoms with E-state index in [1.165, 1.54) is 38.3 Å². The second-order valence-electron chi connectivity index (χ2n) is 10.2. The number of carboxylic acids is 1. The van der Waals surface area contributed by atoms with Gasteiger partial charge in [-0.2, -0.15) is 13.2 Å². The van der Waals surface area contributed by atoms with E-state index in [4.69, 9.17) is 15.2 Å². The summed E-state index contributed by atoms with van der Waals surface area (Å²) in [6.45, 7) is 1.66. The average Bonchev–Trinajstić information content (AvgIpc) is 2.98. The van der Waals surface area contributed by atoms with Crippen LogP contribution >= 0.6 is 0 Å². The molecule has 5 N–H and O–H groups in total. The van der Waals surface area contributed by atoms with Gasteiger partial charge >= 0.3 is 12.1 Å². The highest BCUT2D eigenvalue weighted by Gasteiger charge is 2.56. The van der Waals surface area contributed by atoms with Crippen LogP contribution < -0.4 is 20.5 Å². The Labute approximate surface area is 259 Å². The van der Waals surface area contributed by atoms with Gasteiger partial charge in [0.15, 0.2) is 5.69 Å². The van der Waals surface area contributed by atoms with E-state index in [9.17, 15) is 42.2 Å². The number of benzene rings is 2. The minimum Gasteiger partial charge on any atom is -0.494 e. The van der Waals surface area contributed by atoms with Crippen molar-refractivity contribution in [2.75, 3.05) is 20.3 Å². The number of alkyl halides is 3. The molecule has 1 atom stereocenters. The van der Waals surface area contributed by atoms with E-state index in [1.54, 1.807) is 6.92 Å². The first-order chi connectivity index (χ1) is 21.6. The van der Waals surface area contributed by atoms with Gasteiger partial charge in [-0.25, -0.2) is 19.2 Å². The molecule has 2 heterocycles. The fourth-order valence-corrected chi connectivity index (χ4v) is 4.74. The number of aryl methyl sites for hydroxylation is 1. The number of halogens is 4. The molecule has 0 saturated heterocycles. The number of fused-ring (bicyclic) bond motifs is 1. The molecule has 11 nitrogen and oxygen atoms in total. The summed E-state index contributed by atoms with van der Waals surface area (Å²) < 4.78 is 68.5. The lowest BCUT2D eigenvalue weighted by Crippen LogP contribution is -2.51. The molecule has 15 heteroatoms. The van der Waals surface area contributed by atoms with Gasteiger partial charge in [-0.05, 0) is 67.9 Å². The summed E-state index contributed by atoms with van der Waals surface area (Å²) in [5.74, 6) is -4.02. The molecule has 0 aliphatic carbocycles. The molecule has 242 valence electrons. The van der Waals surface area contributed by atoms with Gasteiger partial charge < -0.3 is 30.7 Å². The molecule has 4 aromatic rings. The van der Waals surface area contributed by atoms with Crippen molar-refractivity contribution in [3.63, 3.8) is 0 Å². The van der Waals surface area contributed by atoms with Crippen molar-refractivity contribution in [2.45, 2.75) is 32.0 Å². The number of primary amides is 1. The Morgan fingerprint density at radius 3 is 2.28 bits per heavy atom. The van der Waals surface area contributed by atoms with E-state index in [2.05, 4.69) is 15.3 Å². The van der Waals surface area contributed by atoms with Crippen LogP contribution in [0, 0.1) is 12.7 Å². The van der Waals surface area contributed by atoms with Crippen LogP contribution in [-0.2, 0) is 16.8 Å². The molecule has 0 spiro atoms. The number of hydrogen-bond acceptors (Lipinski definition) is 8. The number of pyridine rings is 2. The summed E-state index contributed by atoms with van der Waals surface area (Å²) in [5.41, 5.74) is 0.243. The van der Waals surface area contributed by atoms with Gasteiger partial charge in [-0.15, -0.1) is 0 Å². The Morgan fingerprint density at radius 2 is 1.72 bits per heavy atom. The molecule has 2 aromatic carbocycles. The maximum atomic E-state index is 14.7. The van der Waals surface area contributed by atoms with Gasteiger partial charge in [0.1, 0.15) is 28.5 Å². The minimum absolute atomic E-state index is 0.0163. The third kappa shape index (κ3) is 6.68. The SMILES string of the molecule is CCOc1c(CC(N)=O)cc([C@@](O)(CNC(=O)c2cc(OC)c3nc(C(=O)O)c(C)cc3c2)C(F)(F)F)nc1-c1ccc(F)cc1. The van der Waals surface area contributed by atoms with Crippen molar-refractivity contribution in [1.29, 1.82) is 0 Å². The molecule has 0 saturated carbocycles. The summed E-state index contributed by atoms with van der Waals surface area (Å²) in [6.07, 6.45) is -6.01. The second-order valence-corrected chi connectivity index (χ2v) is 10.2. The zero-order chi connectivity index (χ0) is 34.0. The van der Waals surface area contributed by atoms with Crippen molar-refractivity contribution in [2.24, 2.45) is 5.73 Å². The third-order valence-electron chi connectivity index (χ3n) is 6.98. The summed E-state index contributed by atoms with van der Waals surface area (Å²) in [7, 11) is 1.24. The number of methoxy groups -OCH3 is 1. The van der Waals surface area contributed by atoms with Gasteiger partial charge in [-0.3, -0.25) is 9.59 Å². The number of ether oxygens (including phenoxy) is 2. The smallest absolute Gasteiger partial charge is 0.424 e. The van der Waals surface area contributed by atoms with Gasteiger partial charge in [0.25, 0.3) is 5.91 Å². The van der Waals surface area contributed by atoms with Crippen LogP contribution in [0.2, 0.25) is 0 Å². The zero-order valence-corrected chi connectivity index (χ0v) is 24.7. The Kier molecular flexibility index (Phi) is 9.47. The van der Waals surface area contributed by atoms with E-state index >= 15 is 0 Å². The number of aromatic nitrogens is 2. The fourth-order valence-electron chi connectivity index (χ4n) is 4.74. The highest BCUT2D eigenvalue weighted by molar-refractivity contribution is 6.01. The van der Waals surface area contributed by atoms with Crippen LogP contribution in [0.5, 0.6) is 11.5 Å². The van der Waals surface area contributed by atoms with Crippen LogP contribution in [0.25, 0.3) is 22.2 Å². The molecule has 0 unspecified atom stereocenters. The third-order valence-corrected chi connectivity index (χ3v) is 6.98. The minimum atomic E-state index is -5.42. The monoisotopic (exact) mass is 644 g/mol. The van der Waals surface area contributed by atoms with Crippen LogP contribution in [0.3, 0.4) is 0 Å². The highest BCUT2D eigenvalue weighted by Crippen LogP contribution is 2.42. The first kappa shape index (κ1) is 33.6. The molecule has 2 aromatic heterocycles. The lowest BCUT2D eigenvalue weighted by atomic mass is 9.93. The normalized spacial score (nSPS) is 12.8. The summed E-state index contributed by atoms with van der Waals surface area (Å²) >= 11 is 0. The van der Waals surface area contributed by atoms with Crippen LogP contribution in [0.15, 0.2) is 48.5 Å². The Hall–Kier alpha value is -5.31. The van der Waals surface area contributed by atoms with Gasteiger partial charge in [0.2, 0.25) is 11.5 Å². The average molecular weight is 645 g/mol. The van der Waals surface area contributed by atoms with Gasteiger partial charge in [0, 0.05) is 22.1 Å². The highest BCUT2D eigenvalue weighted by atomic mass is 19.4. The molecule has 0 aliphatic rings. The Bertz CT molecular complexity index is 1830. The number of hydrogen-bond donors (Lipinski definition) is 4. The maximum absolute atomic E-state index is 14.7. The standard InChI is InChI=1S/C31H28F4N4O7/c1-4-46-27-18(13-23(36)40)12-22(38-26(27)16-5-7-20(32)8-6-16)30(44,31(33,34)35)14-37-28(41)19-10-17-9-15(2)24(29(42)43)39-25(17)21(11-19)45-3/h5-12,44H,4,13-14H2,1-3H3,(H2,36,40)(H,37,41)(H,42,43)/t30-/m0/s1. The second kappa shape index (κ2) is 13.0. The first-order valence-electron chi connectivity index (χ1n) is 13.6. The molecule has 0 fully saturated rings. The van der Waals surface area contributed by atoms with Crippen molar-refractivity contribution < 1.29 is 51.6 Å².